The molecule has 1 aliphatic heterocycles. The average Bonchev–Trinajstić information content (AvgIpc) is 2.75. The van der Waals surface area contributed by atoms with Crippen LogP contribution in [0.5, 0.6) is 0 Å². The number of carbonyl (C=O) groups is 2. The van der Waals surface area contributed by atoms with Crippen LogP contribution in [-0.2, 0) is 26.2 Å². The third kappa shape index (κ3) is 5.47. The minimum atomic E-state index is -3.87. The highest BCUT2D eigenvalue weighted by Gasteiger charge is 2.31. The Kier molecular flexibility index (Phi) is 7.27. The lowest BCUT2D eigenvalue weighted by atomic mass is 9.96. The van der Waals surface area contributed by atoms with Gasteiger partial charge in [-0.2, -0.15) is 4.31 Å². The standard InChI is InChI=1S/C21H24BrN3O4S/c22-18-8-6-16(7-9-18)14-25(30(28,29)19-4-2-1-3-5-19)15-20(26)24-12-10-17(11-13-24)21(23)27/h1-9,17H,10-15H2,(H2,23,27). The van der Waals surface area contributed by atoms with Crippen LogP contribution in [0.3, 0.4) is 0 Å². The van der Waals surface area contributed by atoms with E-state index in [9.17, 15) is 18.0 Å². The molecular weight excluding hydrogens is 470 g/mol. The molecule has 1 heterocycles. The molecule has 1 saturated heterocycles. The van der Waals surface area contributed by atoms with Crippen molar-refractivity contribution in [2.24, 2.45) is 11.7 Å². The van der Waals surface area contributed by atoms with Crippen molar-refractivity contribution in [2.45, 2.75) is 24.3 Å². The molecule has 0 unspecified atom stereocenters. The van der Waals surface area contributed by atoms with Crippen molar-refractivity contribution >= 4 is 37.8 Å². The number of benzene rings is 2. The normalized spacial score (nSPS) is 15.3. The first-order chi connectivity index (χ1) is 14.3. The van der Waals surface area contributed by atoms with Crippen molar-refractivity contribution in [1.82, 2.24) is 9.21 Å². The highest BCUT2D eigenvalue weighted by atomic mass is 79.9. The number of halogens is 1. The fourth-order valence-corrected chi connectivity index (χ4v) is 5.09. The molecule has 1 fully saturated rings. The van der Waals surface area contributed by atoms with Crippen LogP contribution in [0.1, 0.15) is 18.4 Å². The van der Waals surface area contributed by atoms with Crippen molar-refractivity contribution in [1.29, 1.82) is 0 Å². The van der Waals surface area contributed by atoms with E-state index in [-0.39, 0.29) is 35.7 Å². The fraction of sp³-hybridized carbons (Fsp3) is 0.333. The summed E-state index contributed by atoms with van der Waals surface area (Å²) in [6, 6.07) is 15.4. The van der Waals surface area contributed by atoms with Crippen LogP contribution in [0.15, 0.2) is 64.0 Å². The van der Waals surface area contributed by atoms with Gasteiger partial charge in [-0.15, -0.1) is 0 Å². The first kappa shape index (κ1) is 22.5. The molecule has 2 N–H and O–H groups in total. The van der Waals surface area contributed by atoms with Crippen molar-refractivity contribution in [2.75, 3.05) is 19.6 Å². The fourth-order valence-electron chi connectivity index (χ4n) is 3.43. The molecule has 9 heteroatoms. The maximum Gasteiger partial charge on any atom is 0.243 e. The Bertz CT molecular complexity index is 989. The molecule has 0 atom stereocenters. The molecule has 2 aromatic carbocycles. The van der Waals surface area contributed by atoms with Crippen LogP contribution in [0, 0.1) is 5.92 Å². The first-order valence-electron chi connectivity index (χ1n) is 9.64. The largest absolute Gasteiger partial charge is 0.369 e. The van der Waals surface area contributed by atoms with Gasteiger partial charge in [-0.3, -0.25) is 9.59 Å². The summed E-state index contributed by atoms with van der Waals surface area (Å²) in [5, 5.41) is 0. The summed E-state index contributed by atoms with van der Waals surface area (Å²) in [6.45, 7) is 0.594. The highest BCUT2D eigenvalue weighted by molar-refractivity contribution is 9.10. The number of rotatable bonds is 7. The summed E-state index contributed by atoms with van der Waals surface area (Å²) in [5.41, 5.74) is 6.13. The van der Waals surface area contributed by atoms with E-state index in [2.05, 4.69) is 15.9 Å². The number of nitrogens with zero attached hydrogens (tertiary/aromatic N) is 2. The van der Waals surface area contributed by atoms with Gasteiger partial charge in [-0.1, -0.05) is 46.3 Å². The van der Waals surface area contributed by atoms with Crippen molar-refractivity contribution in [3.8, 4) is 0 Å². The van der Waals surface area contributed by atoms with Crippen LogP contribution in [0.2, 0.25) is 0 Å². The molecule has 0 aromatic heterocycles. The number of amides is 2. The third-order valence-corrected chi connectivity index (χ3v) is 7.55. The van der Waals surface area contributed by atoms with Gasteiger partial charge in [0.1, 0.15) is 0 Å². The predicted octanol–water partition coefficient (Wildman–Crippen LogP) is 2.36. The number of piperidine rings is 1. The molecule has 160 valence electrons. The number of sulfonamides is 1. The summed E-state index contributed by atoms with van der Waals surface area (Å²) in [7, 11) is -3.87. The van der Waals surface area contributed by atoms with E-state index in [4.69, 9.17) is 5.73 Å². The molecule has 1 aliphatic rings. The molecule has 3 rings (SSSR count). The Hall–Kier alpha value is -2.23. The number of hydrogen-bond donors (Lipinski definition) is 1. The molecule has 7 nitrogen and oxygen atoms in total. The maximum atomic E-state index is 13.2. The molecular formula is C21H24BrN3O4S. The molecule has 0 radical (unpaired) electrons. The Balaban J connectivity index is 1.80. The van der Waals surface area contributed by atoms with Gasteiger partial charge in [-0.05, 0) is 42.7 Å². The lowest BCUT2D eigenvalue weighted by Crippen LogP contribution is -2.46. The number of likely N-dealkylation sites (tertiary alicyclic amines) is 1. The maximum absolute atomic E-state index is 13.2. The summed E-state index contributed by atoms with van der Waals surface area (Å²) >= 11 is 3.37. The molecule has 2 amide bonds. The van der Waals surface area contributed by atoms with Crippen LogP contribution >= 0.6 is 15.9 Å². The highest BCUT2D eigenvalue weighted by Crippen LogP contribution is 2.21. The second kappa shape index (κ2) is 9.72. The van der Waals surface area contributed by atoms with Gasteiger partial charge < -0.3 is 10.6 Å². The molecule has 2 aromatic rings. The smallest absolute Gasteiger partial charge is 0.243 e. The Morgan fingerprint density at radius 2 is 1.63 bits per heavy atom. The zero-order valence-corrected chi connectivity index (χ0v) is 18.8. The zero-order chi connectivity index (χ0) is 21.7. The van der Waals surface area contributed by atoms with E-state index in [0.29, 0.717) is 25.9 Å². The van der Waals surface area contributed by atoms with Gasteiger partial charge in [0, 0.05) is 30.0 Å². The zero-order valence-electron chi connectivity index (χ0n) is 16.4. The lowest BCUT2D eigenvalue weighted by molar-refractivity contribution is -0.135. The predicted molar refractivity (Wildman–Crippen MR) is 117 cm³/mol. The van der Waals surface area contributed by atoms with E-state index in [0.717, 1.165) is 10.0 Å². The third-order valence-electron chi connectivity index (χ3n) is 5.21. The van der Waals surface area contributed by atoms with Gasteiger partial charge >= 0.3 is 0 Å². The molecule has 0 saturated carbocycles. The number of carbonyl (C=O) groups excluding carboxylic acids is 2. The molecule has 0 spiro atoms. The lowest BCUT2D eigenvalue weighted by Gasteiger charge is -2.32. The van der Waals surface area contributed by atoms with Crippen LogP contribution in [-0.4, -0.2) is 49.1 Å². The Morgan fingerprint density at radius 1 is 1.03 bits per heavy atom. The van der Waals surface area contributed by atoms with E-state index in [1.165, 1.54) is 16.4 Å². The second-order valence-electron chi connectivity index (χ2n) is 7.27. The van der Waals surface area contributed by atoms with Gasteiger partial charge in [0.25, 0.3) is 0 Å². The Morgan fingerprint density at radius 3 is 2.20 bits per heavy atom. The quantitative estimate of drug-likeness (QED) is 0.639. The van der Waals surface area contributed by atoms with Gasteiger partial charge in [0.15, 0.2) is 0 Å². The van der Waals surface area contributed by atoms with Crippen LogP contribution in [0.4, 0.5) is 0 Å². The van der Waals surface area contributed by atoms with E-state index >= 15 is 0 Å². The minimum absolute atomic E-state index is 0.0774. The Labute approximate surface area is 185 Å². The number of primary amides is 1. The van der Waals surface area contributed by atoms with Crippen molar-refractivity contribution < 1.29 is 18.0 Å². The summed E-state index contributed by atoms with van der Waals surface area (Å²) < 4.78 is 28.6. The van der Waals surface area contributed by atoms with Gasteiger partial charge in [0.05, 0.1) is 11.4 Å². The van der Waals surface area contributed by atoms with Gasteiger partial charge in [0.2, 0.25) is 21.8 Å². The summed E-state index contributed by atoms with van der Waals surface area (Å²) in [4.78, 5) is 26.0. The van der Waals surface area contributed by atoms with Crippen molar-refractivity contribution in [3.05, 3.63) is 64.6 Å². The van der Waals surface area contributed by atoms with E-state index < -0.39 is 10.0 Å². The second-order valence-corrected chi connectivity index (χ2v) is 10.1. The van der Waals surface area contributed by atoms with Crippen LogP contribution in [0.25, 0.3) is 0 Å². The number of hydrogen-bond acceptors (Lipinski definition) is 4. The summed E-state index contributed by atoms with van der Waals surface area (Å²) in [5.74, 6) is -0.874. The van der Waals surface area contributed by atoms with E-state index in [1.54, 1.807) is 23.1 Å². The summed E-state index contributed by atoms with van der Waals surface area (Å²) in [6.07, 6.45) is 0.998. The molecule has 30 heavy (non-hydrogen) atoms. The van der Waals surface area contributed by atoms with E-state index in [1.807, 2.05) is 24.3 Å². The SMILES string of the molecule is NC(=O)C1CCN(C(=O)CN(Cc2ccc(Br)cc2)S(=O)(=O)c2ccccc2)CC1. The van der Waals surface area contributed by atoms with Crippen molar-refractivity contribution in [3.63, 3.8) is 0 Å². The first-order valence-corrected chi connectivity index (χ1v) is 11.9. The number of nitrogens with two attached hydrogens (primary N) is 1. The molecule has 0 aliphatic carbocycles. The van der Waals surface area contributed by atoms with Gasteiger partial charge in [-0.25, -0.2) is 8.42 Å². The minimum Gasteiger partial charge on any atom is -0.369 e. The monoisotopic (exact) mass is 493 g/mol. The molecule has 0 bridgehead atoms. The average molecular weight is 494 g/mol. The van der Waals surface area contributed by atoms with Crippen LogP contribution < -0.4 is 5.73 Å². The topological polar surface area (TPSA) is 101 Å².